The molecule has 0 radical (unpaired) electrons. The lowest BCUT2D eigenvalue weighted by atomic mass is 9.47. The molecule has 2 fully saturated rings. The molecule has 4 rings (SSSR count). The first-order chi connectivity index (χ1) is 15.0. The van der Waals surface area contributed by atoms with Crippen LogP contribution >= 0.6 is 0 Å². The number of ether oxygens (including phenoxy) is 1. The quantitative estimate of drug-likeness (QED) is 0.388. The van der Waals surface area contributed by atoms with Crippen LogP contribution < -0.4 is 0 Å². The Kier molecular flexibility index (Phi) is 6.49. The minimum Gasteiger partial charge on any atom is -0.463 e. The van der Waals surface area contributed by atoms with E-state index in [1.165, 1.54) is 38.5 Å². The zero-order valence-electron chi connectivity index (χ0n) is 21.9. The lowest BCUT2D eigenvalue weighted by molar-refractivity contribution is -0.150. The molecule has 7 atom stereocenters. The Labute approximate surface area is 197 Å². The van der Waals surface area contributed by atoms with Gasteiger partial charge in [0, 0.05) is 6.92 Å². The van der Waals surface area contributed by atoms with Crippen molar-refractivity contribution in [3.8, 4) is 0 Å². The predicted octanol–water partition coefficient (Wildman–Crippen LogP) is 8.27. The van der Waals surface area contributed by atoms with Crippen LogP contribution in [0.15, 0.2) is 23.3 Å². The van der Waals surface area contributed by atoms with E-state index < -0.39 is 0 Å². The molecule has 0 heterocycles. The summed E-state index contributed by atoms with van der Waals surface area (Å²) in [4.78, 5) is 11.5. The van der Waals surface area contributed by atoms with Crippen LogP contribution in [0.4, 0.5) is 0 Å². The first kappa shape index (κ1) is 24.1. The second-order valence-corrected chi connectivity index (χ2v) is 13.0. The largest absolute Gasteiger partial charge is 0.463 e. The molecule has 2 nitrogen and oxygen atoms in total. The molecule has 0 N–H and O–H groups in total. The molecule has 0 aliphatic heterocycles. The molecular formula is C30H48O2. The maximum atomic E-state index is 11.5. The normalized spacial score (nSPS) is 41.8. The highest BCUT2D eigenvalue weighted by Gasteiger charge is 2.61. The third-order valence-corrected chi connectivity index (χ3v) is 10.8. The number of hydrogen-bond donors (Lipinski definition) is 0. The number of carbonyl (C=O) groups excluding carboxylic acids is 1. The average molecular weight is 441 g/mol. The van der Waals surface area contributed by atoms with Gasteiger partial charge < -0.3 is 4.74 Å². The van der Waals surface area contributed by atoms with Crippen molar-refractivity contribution in [2.24, 2.45) is 39.9 Å². The van der Waals surface area contributed by atoms with Crippen LogP contribution in [0.2, 0.25) is 0 Å². The van der Waals surface area contributed by atoms with Crippen LogP contribution in [0, 0.1) is 39.9 Å². The number of hydrogen-bond acceptors (Lipinski definition) is 2. The molecule has 0 aromatic carbocycles. The fourth-order valence-electron chi connectivity index (χ4n) is 8.51. The van der Waals surface area contributed by atoms with E-state index in [0.29, 0.717) is 16.7 Å². The van der Waals surface area contributed by atoms with Crippen molar-refractivity contribution in [2.45, 2.75) is 119 Å². The molecule has 2 heteroatoms. The summed E-state index contributed by atoms with van der Waals surface area (Å²) < 4.78 is 5.63. The number of rotatable bonds is 6. The van der Waals surface area contributed by atoms with Crippen LogP contribution in [0.25, 0.3) is 0 Å². The summed E-state index contributed by atoms with van der Waals surface area (Å²) in [6.07, 6.45) is 17.9. The Morgan fingerprint density at radius 1 is 1.06 bits per heavy atom. The molecule has 180 valence electrons. The van der Waals surface area contributed by atoms with Crippen molar-refractivity contribution < 1.29 is 9.53 Å². The second-order valence-electron chi connectivity index (χ2n) is 13.0. The molecule has 32 heavy (non-hydrogen) atoms. The number of allylic oxidation sites excluding steroid dienone is 4. The van der Waals surface area contributed by atoms with Gasteiger partial charge in [-0.2, -0.15) is 0 Å². The van der Waals surface area contributed by atoms with Crippen LogP contribution in [0.1, 0.15) is 113 Å². The monoisotopic (exact) mass is 440 g/mol. The Morgan fingerprint density at radius 3 is 2.50 bits per heavy atom. The van der Waals surface area contributed by atoms with E-state index in [1.54, 1.807) is 18.1 Å². The lowest BCUT2D eigenvalue weighted by Gasteiger charge is -2.57. The van der Waals surface area contributed by atoms with E-state index in [9.17, 15) is 4.79 Å². The Bertz CT molecular complexity index is 791. The molecule has 0 saturated heterocycles. The van der Waals surface area contributed by atoms with E-state index >= 15 is 0 Å². The third-order valence-electron chi connectivity index (χ3n) is 10.8. The second kappa shape index (κ2) is 8.62. The predicted molar refractivity (Wildman–Crippen MR) is 133 cm³/mol. The zero-order chi connectivity index (χ0) is 23.3. The molecule has 0 aromatic heterocycles. The minimum absolute atomic E-state index is 0.119. The lowest BCUT2D eigenvalue weighted by Crippen LogP contribution is -2.49. The molecule has 0 aromatic rings. The van der Waals surface area contributed by atoms with Gasteiger partial charge in [0.05, 0.1) is 0 Å². The van der Waals surface area contributed by atoms with Gasteiger partial charge in [0.2, 0.25) is 0 Å². The van der Waals surface area contributed by atoms with Gasteiger partial charge in [0.1, 0.15) is 6.10 Å². The highest BCUT2D eigenvalue weighted by Crippen LogP contribution is 2.70. The SMILES string of the molecule is CC(=O)OC1CC[C@]2(C)C3=CC[C@]4(C)[C@@H]([C@H](C)CCCC(C)C)CC[C@@]4(C)C3=CCC2C1. The smallest absolute Gasteiger partial charge is 0.302 e. The molecule has 2 saturated carbocycles. The van der Waals surface area contributed by atoms with Gasteiger partial charge in [0.15, 0.2) is 0 Å². The summed E-state index contributed by atoms with van der Waals surface area (Å²) in [7, 11) is 0. The van der Waals surface area contributed by atoms with Crippen LogP contribution in [0.3, 0.4) is 0 Å². The van der Waals surface area contributed by atoms with Gasteiger partial charge in [-0.25, -0.2) is 0 Å². The average Bonchev–Trinajstić information content (AvgIpc) is 2.99. The zero-order valence-corrected chi connectivity index (χ0v) is 21.9. The first-order valence-electron chi connectivity index (χ1n) is 13.6. The number of esters is 1. The summed E-state index contributed by atoms with van der Waals surface area (Å²) in [5, 5.41) is 0. The van der Waals surface area contributed by atoms with Crippen molar-refractivity contribution in [1.82, 2.24) is 0 Å². The van der Waals surface area contributed by atoms with E-state index in [4.69, 9.17) is 4.74 Å². The molecule has 2 unspecified atom stereocenters. The van der Waals surface area contributed by atoms with Crippen LogP contribution in [-0.4, -0.2) is 12.1 Å². The van der Waals surface area contributed by atoms with Gasteiger partial charge in [-0.15, -0.1) is 0 Å². The maximum Gasteiger partial charge on any atom is 0.302 e. The first-order valence-corrected chi connectivity index (χ1v) is 13.6. The maximum absolute atomic E-state index is 11.5. The molecule has 4 aliphatic rings. The van der Waals surface area contributed by atoms with Crippen molar-refractivity contribution in [3.63, 3.8) is 0 Å². The van der Waals surface area contributed by atoms with E-state index in [0.717, 1.165) is 43.4 Å². The van der Waals surface area contributed by atoms with E-state index in [-0.39, 0.29) is 17.5 Å². The van der Waals surface area contributed by atoms with Gasteiger partial charge in [0.25, 0.3) is 0 Å². The van der Waals surface area contributed by atoms with Crippen molar-refractivity contribution in [2.75, 3.05) is 0 Å². The Hall–Kier alpha value is -1.05. The van der Waals surface area contributed by atoms with Crippen molar-refractivity contribution in [3.05, 3.63) is 23.3 Å². The summed E-state index contributed by atoms with van der Waals surface area (Å²) in [6, 6.07) is 0. The summed E-state index contributed by atoms with van der Waals surface area (Å²) >= 11 is 0. The van der Waals surface area contributed by atoms with E-state index in [1.807, 2.05) is 0 Å². The van der Waals surface area contributed by atoms with Gasteiger partial charge in [-0.1, -0.05) is 73.0 Å². The fourth-order valence-corrected chi connectivity index (χ4v) is 8.51. The standard InChI is InChI=1S/C30H48O2/c1-20(2)9-8-10-21(3)25-14-17-30(7)27-12-11-23-19-24(32-22(4)31)13-16-28(23,5)26(27)15-18-29(25,30)6/h12,15,20-21,23-25H,8-11,13-14,16-19H2,1-7H3/t21-,23?,24?,25-,28+,29-,30+/m1/s1. The molecule has 0 bridgehead atoms. The topological polar surface area (TPSA) is 26.3 Å². The van der Waals surface area contributed by atoms with Crippen molar-refractivity contribution >= 4 is 5.97 Å². The fraction of sp³-hybridized carbons (Fsp3) is 0.833. The molecule has 0 spiro atoms. The highest BCUT2D eigenvalue weighted by atomic mass is 16.5. The van der Waals surface area contributed by atoms with Crippen molar-refractivity contribution in [1.29, 1.82) is 0 Å². The van der Waals surface area contributed by atoms with Gasteiger partial charge >= 0.3 is 5.97 Å². The van der Waals surface area contributed by atoms with Gasteiger partial charge in [-0.3, -0.25) is 4.79 Å². The van der Waals surface area contributed by atoms with Gasteiger partial charge in [-0.05, 0) is 96.0 Å². The highest BCUT2D eigenvalue weighted by molar-refractivity contribution is 5.66. The molecular weight excluding hydrogens is 392 g/mol. The Morgan fingerprint density at radius 2 is 1.81 bits per heavy atom. The van der Waals surface area contributed by atoms with Crippen LogP contribution in [-0.2, 0) is 9.53 Å². The number of fused-ring (bicyclic) bond motifs is 5. The minimum atomic E-state index is -0.120. The third kappa shape index (κ3) is 3.82. The summed E-state index contributed by atoms with van der Waals surface area (Å²) in [5.74, 6) is 2.97. The van der Waals surface area contributed by atoms with Crippen LogP contribution in [0.5, 0.6) is 0 Å². The Balaban J connectivity index is 1.56. The molecule has 0 amide bonds. The molecule has 4 aliphatic carbocycles. The number of carbonyl (C=O) groups is 1. The summed E-state index contributed by atoms with van der Waals surface area (Å²) in [6.45, 7) is 16.6. The van der Waals surface area contributed by atoms with E-state index in [2.05, 4.69) is 53.7 Å². The summed E-state index contributed by atoms with van der Waals surface area (Å²) in [5.41, 5.74) is 4.33.